The number of imidazole rings is 2. The van der Waals surface area contributed by atoms with Crippen LogP contribution in [0, 0.1) is 0 Å². The molecule has 0 unspecified atom stereocenters. The highest BCUT2D eigenvalue weighted by Gasteiger charge is 1.99. The Hall–Kier alpha value is -1.62. The van der Waals surface area contributed by atoms with E-state index in [2.05, 4.69) is 31.8 Å². The van der Waals surface area contributed by atoms with Crippen molar-refractivity contribution in [3.8, 4) is 0 Å². The van der Waals surface area contributed by atoms with Gasteiger partial charge in [-0.1, -0.05) is 0 Å². The first-order valence-electron chi connectivity index (χ1n) is 6.08. The summed E-state index contributed by atoms with van der Waals surface area (Å²) in [5.41, 5.74) is 1.24. The molecule has 2 aromatic rings. The first kappa shape index (κ1) is 11.9. The second-order valence-electron chi connectivity index (χ2n) is 3.99. The van der Waals surface area contributed by atoms with Gasteiger partial charge in [0.15, 0.2) is 0 Å². The molecule has 0 atom stereocenters. The second kappa shape index (κ2) is 6.20. The van der Waals surface area contributed by atoms with Gasteiger partial charge in [-0.2, -0.15) is 0 Å². The summed E-state index contributed by atoms with van der Waals surface area (Å²) in [7, 11) is 0. The Morgan fingerprint density at radius 1 is 1.47 bits per heavy atom. The molecule has 2 N–H and O–H groups in total. The fraction of sp³-hybridized carbons (Fsp3) is 0.500. The van der Waals surface area contributed by atoms with E-state index >= 15 is 0 Å². The predicted molar refractivity (Wildman–Crippen MR) is 66.5 cm³/mol. The molecule has 0 saturated heterocycles. The van der Waals surface area contributed by atoms with Gasteiger partial charge in [-0.3, -0.25) is 0 Å². The van der Waals surface area contributed by atoms with Crippen molar-refractivity contribution in [2.45, 2.75) is 32.9 Å². The minimum atomic E-state index is 0.881. The monoisotopic (exact) mass is 233 g/mol. The van der Waals surface area contributed by atoms with Gasteiger partial charge in [-0.05, 0) is 19.9 Å². The van der Waals surface area contributed by atoms with Crippen molar-refractivity contribution >= 4 is 0 Å². The topological polar surface area (TPSA) is 58.5 Å². The van der Waals surface area contributed by atoms with E-state index in [4.69, 9.17) is 0 Å². The largest absolute Gasteiger partial charge is 0.349 e. The molecular weight excluding hydrogens is 214 g/mol. The normalized spacial score (nSPS) is 10.9. The van der Waals surface area contributed by atoms with E-state index in [0.29, 0.717) is 0 Å². The van der Waals surface area contributed by atoms with E-state index in [-0.39, 0.29) is 0 Å². The SMILES string of the molecule is CCn1cncc1CNCCCc1ncc[nH]1. The average Bonchev–Trinajstić information content (AvgIpc) is 2.98. The van der Waals surface area contributed by atoms with Crippen LogP contribution >= 0.6 is 0 Å². The molecule has 5 nitrogen and oxygen atoms in total. The molecule has 0 aromatic carbocycles. The van der Waals surface area contributed by atoms with Crippen molar-refractivity contribution in [3.05, 3.63) is 36.4 Å². The van der Waals surface area contributed by atoms with Crippen LogP contribution in [0.1, 0.15) is 24.9 Å². The summed E-state index contributed by atoms with van der Waals surface area (Å²) in [5, 5.41) is 3.42. The minimum Gasteiger partial charge on any atom is -0.349 e. The van der Waals surface area contributed by atoms with Crippen molar-refractivity contribution in [1.82, 2.24) is 24.8 Å². The third-order valence-corrected chi connectivity index (χ3v) is 2.77. The molecule has 5 heteroatoms. The summed E-state index contributed by atoms with van der Waals surface area (Å²) in [6.45, 7) is 4.98. The van der Waals surface area contributed by atoms with Gasteiger partial charge in [0.05, 0.1) is 12.0 Å². The average molecular weight is 233 g/mol. The smallest absolute Gasteiger partial charge is 0.106 e. The van der Waals surface area contributed by atoms with Crippen molar-refractivity contribution in [3.63, 3.8) is 0 Å². The molecule has 2 heterocycles. The number of nitrogens with one attached hydrogen (secondary N) is 2. The maximum atomic E-state index is 4.19. The van der Waals surface area contributed by atoms with Gasteiger partial charge in [-0.15, -0.1) is 0 Å². The van der Waals surface area contributed by atoms with Gasteiger partial charge in [0.25, 0.3) is 0 Å². The Morgan fingerprint density at radius 2 is 2.41 bits per heavy atom. The second-order valence-corrected chi connectivity index (χ2v) is 3.99. The molecule has 2 aromatic heterocycles. The highest BCUT2D eigenvalue weighted by Crippen LogP contribution is 1.99. The Balaban J connectivity index is 1.63. The van der Waals surface area contributed by atoms with Crippen LogP contribution < -0.4 is 5.32 Å². The molecule has 17 heavy (non-hydrogen) atoms. The summed E-state index contributed by atoms with van der Waals surface area (Å²) in [4.78, 5) is 11.4. The number of hydrogen-bond acceptors (Lipinski definition) is 3. The highest BCUT2D eigenvalue weighted by molar-refractivity contribution is 4.97. The summed E-state index contributed by atoms with van der Waals surface area (Å²) < 4.78 is 2.15. The van der Waals surface area contributed by atoms with Crippen molar-refractivity contribution < 1.29 is 0 Å². The van der Waals surface area contributed by atoms with Crippen molar-refractivity contribution in [2.75, 3.05) is 6.54 Å². The lowest BCUT2D eigenvalue weighted by atomic mass is 10.3. The van der Waals surface area contributed by atoms with E-state index in [1.165, 1.54) is 5.69 Å². The number of hydrogen-bond donors (Lipinski definition) is 2. The molecule has 0 aliphatic carbocycles. The van der Waals surface area contributed by atoms with Crippen LogP contribution in [-0.4, -0.2) is 26.1 Å². The third-order valence-electron chi connectivity index (χ3n) is 2.77. The maximum absolute atomic E-state index is 4.19. The van der Waals surface area contributed by atoms with Crippen LogP contribution in [0.25, 0.3) is 0 Å². The Kier molecular flexibility index (Phi) is 4.32. The van der Waals surface area contributed by atoms with Crippen molar-refractivity contribution in [1.29, 1.82) is 0 Å². The van der Waals surface area contributed by atoms with E-state index in [1.54, 1.807) is 6.20 Å². The molecule has 0 spiro atoms. The predicted octanol–water partition coefficient (Wildman–Crippen LogP) is 1.35. The van der Waals surface area contributed by atoms with E-state index in [9.17, 15) is 0 Å². The molecule has 0 saturated carbocycles. The molecule has 0 amide bonds. The van der Waals surface area contributed by atoms with Gasteiger partial charge >= 0.3 is 0 Å². The molecular formula is C12H19N5. The van der Waals surface area contributed by atoms with Crippen LogP contribution in [0.3, 0.4) is 0 Å². The number of aromatic amines is 1. The standard InChI is InChI=1S/C12H19N5/c1-2-17-10-14-9-11(17)8-13-5-3-4-12-15-6-7-16-12/h6-7,9-10,13H,2-5,8H2,1H3,(H,15,16). The lowest BCUT2D eigenvalue weighted by molar-refractivity contribution is 0.604. The third kappa shape index (κ3) is 3.42. The summed E-state index contributed by atoms with van der Waals surface area (Å²) in [6.07, 6.45) is 9.54. The van der Waals surface area contributed by atoms with Crippen LogP contribution in [0.15, 0.2) is 24.9 Å². The molecule has 0 aliphatic heterocycles. The zero-order valence-electron chi connectivity index (χ0n) is 10.2. The first-order valence-corrected chi connectivity index (χ1v) is 6.08. The molecule has 2 rings (SSSR count). The summed E-state index contributed by atoms with van der Waals surface area (Å²) >= 11 is 0. The fourth-order valence-corrected chi connectivity index (χ4v) is 1.81. The number of nitrogens with zero attached hydrogens (tertiary/aromatic N) is 3. The summed E-state index contributed by atoms with van der Waals surface area (Å²) in [6, 6.07) is 0. The van der Waals surface area contributed by atoms with Gasteiger partial charge in [0.1, 0.15) is 5.82 Å². The Morgan fingerprint density at radius 3 is 3.18 bits per heavy atom. The summed E-state index contributed by atoms with van der Waals surface area (Å²) in [5.74, 6) is 1.06. The quantitative estimate of drug-likeness (QED) is 0.710. The number of aryl methyl sites for hydroxylation is 2. The van der Waals surface area contributed by atoms with Crippen molar-refractivity contribution in [2.24, 2.45) is 0 Å². The van der Waals surface area contributed by atoms with E-state index < -0.39 is 0 Å². The van der Waals surface area contributed by atoms with Crippen LogP contribution in [0.4, 0.5) is 0 Å². The van der Waals surface area contributed by atoms with E-state index in [1.807, 2.05) is 18.7 Å². The number of H-pyrrole nitrogens is 1. The van der Waals surface area contributed by atoms with Gasteiger partial charge in [0, 0.05) is 38.1 Å². The highest BCUT2D eigenvalue weighted by atomic mass is 15.1. The van der Waals surface area contributed by atoms with Crippen LogP contribution in [0.2, 0.25) is 0 Å². The zero-order chi connectivity index (χ0) is 11.9. The minimum absolute atomic E-state index is 0.881. The zero-order valence-corrected chi connectivity index (χ0v) is 10.2. The molecule has 92 valence electrons. The number of rotatable bonds is 7. The Labute approximate surface area is 101 Å². The van der Waals surface area contributed by atoms with Gasteiger partial charge in [0.2, 0.25) is 0 Å². The first-order chi connectivity index (χ1) is 8.40. The lowest BCUT2D eigenvalue weighted by Crippen LogP contribution is -2.17. The van der Waals surface area contributed by atoms with Crippen LogP contribution in [-0.2, 0) is 19.5 Å². The maximum Gasteiger partial charge on any atom is 0.106 e. The fourth-order valence-electron chi connectivity index (χ4n) is 1.81. The number of aromatic nitrogens is 4. The lowest BCUT2D eigenvalue weighted by Gasteiger charge is -2.06. The van der Waals surface area contributed by atoms with Crippen LogP contribution in [0.5, 0.6) is 0 Å². The molecule has 0 fully saturated rings. The van der Waals surface area contributed by atoms with E-state index in [0.717, 1.165) is 38.3 Å². The Bertz CT molecular complexity index is 418. The molecule has 0 radical (unpaired) electrons. The van der Waals surface area contributed by atoms with Gasteiger partial charge in [-0.25, -0.2) is 9.97 Å². The van der Waals surface area contributed by atoms with Gasteiger partial charge < -0.3 is 14.9 Å². The molecule has 0 aliphatic rings. The molecule has 0 bridgehead atoms.